The number of aliphatic hydroxyl groups is 1. The fraction of sp³-hybridized carbons (Fsp3) is 1.00. The molecule has 2 N–H and O–H groups in total. The Bertz CT molecular complexity index is 166. The SMILES string of the molecule is O[C@@H]1CCC[C@H]1CNC1CCCCC1. The van der Waals surface area contributed by atoms with Crippen LogP contribution in [0.4, 0.5) is 0 Å². The fourth-order valence-corrected chi connectivity index (χ4v) is 2.88. The summed E-state index contributed by atoms with van der Waals surface area (Å²) in [6.45, 7) is 1.05. The van der Waals surface area contributed by atoms with Gasteiger partial charge in [0.15, 0.2) is 0 Å². The zero-order chi connectivity index (χ0) is 9.80. The highest BCUT2D eigenvalue weighted by atomic mass is 16.3. The summed E-state index contributed by atoms with van der Waals surface area (Å²) in [6.07, 6.45) is 10.4. The Labute approximate surface area is 87.1 Å². The maximum Gasteiger partial charge on any atom is 0.0580 e. The third kappa shape index (κ3) is 2.71. The first kappa shape index (κ1) is 10.4. The van der Waals surface area contributed by atoms with Crippen molar-refractivity contribution in [1.82, 2.24) is 5.32 Å². The van der Waals surface area contributed by atoms with Crippen LogP contribution in [0.5, 0.6) is 0 Å². The Morgan fingerprint density at radius 3 is 2.36 bits per heavy atom. The van der Waals surface area contributed by atoms with E-state index in [9.17, 15) is 5.11 Å². The number of hydrogen-bond donors (Lipinski definition) is 2. The van der Waals surface area contributed by atoms with Gasteiger partial charge in [-0.05, 0) is 31.6 Å². The van der Waals surface area contributed by atoms with E-state index in [1.807, 2.05) is 0 Å². The van der Waals surface area contributed by atoms with Gasteiger partial charge in [-0.1, -0.05) is 25.7 Å². The van der Waals surface area contributed by atoms with Crippen molar-refractivity contribution in [3.05, 3.63) is 0 Å². The van der Waals surface area contributed by atoms with Crippen LogP contribution in [0, 0.1) is 5.92 Å². The molecule has 0 radical (unpaired) electrons. The van der Waals surface area contributed by atoms with Gasteiger partial charge in [-0.25, -0.2) is 0 Å². The second-order valence-corrected chi connectivity index (χ2v) is 5.00. The number of rotatable bonds is 3. The van der Waals surface area contributed by atoms with Crippen molar-refractivity contribution < 1.29 is 5.11 Å². The molecule has 82 valence electrons. The van der Waals surface area contributed by atoms with Gasteiger partial charge >= 0.3 is 0 Å². The predicted molar refractivity (Wildman–Crippen MR) is 58.2 cm³/mol. The highest BCUT2D eigenvalue weighted by Gasteiger charge is 2.25. The van der Waals surface area contributed by atoms with Crippen LogP contribution in [0.1, 0.15) is 51.4 Å². The van der Waals surface area contributed by atoms with E-state index in [1.54, 1.807) is 0 Å². The van der Waals surface area contributed by atoms with E-state index in [4.69, 9.17) is 0 Å². The van der Waals surface area contributed by atoms with E-state index in [0.29, 0.717) is 5.92 Å². The third-order valence-electron chi connectivity index (χ3n) is 3.89. The predicted octanol–water partition coefficient (Wildman–Crippen LogP) is 2.07. The van der Waals surface area contributed by atoms with Gasteiger partial charge in [0.1, 0.15) is 0 Å². The van der Waals surface area contributed by atoms with E-state index in [0.717, 1.165) is 19.0 Å². The van der Waals surface area contributed by atoms with E-state index < -0.39 is 0 Å². The lowest BCUT2D eigenvalue weighted by Gasteiger charge is -2.25. The van der Waals surface area contributed by atoms with E-state index in [2.05, 4.69) is 5.32 Å². The molecule has 0 aromatic rings. The molecule has 2 rings (SSSR count). The molecule has 2 aliphatic rings. The Morgan fingerprint density at radius 1 is 0.929 bits per heavy atom. The molecule has 0 saturated heterocycles. The zero-order valence-electron chi connectivity index (χ0n) is 9.04. The van der Waals surface area contributed by atoms with E-state index in [-0.39, 0.29) is 6.10 Å². The second-order valence-electron chi connectivity index (χ2n) is 5.00. The average Bonchev–Trinajstić information content (AvgIpc) is 2.63. The van der Waals surface area contributed by atoms with Gasteiger partial charge in [-0.15, -0.1) is 0 Å². The smallest absolute Gasteiger partial charge is 0.0580 e. The minimum atomic E-state index is -0.0221. The van der Waals surface area contributed by atoms with Gasteiger partial charge in [0.25, 0.3) is 0 Å². The molecule has 2 nitrogen and oxygen atoms in total. The van der Waals surface area contributed by atoms with Crippen LogP contribution in [-0.2, 0) is 0 Å². The summed E-state index contributed by atoms with van der Waals surface area (Å²) in [4.78, 5) is 0. The first-order valence-electron chi connectivity index (χ1n) is 6.28. The van der Waals surface area contributed by atoms with Crippen molar-refractivity contribution in [2.75, 3.05) is 6.54 Å². The molecular weight excluding hydrogens is 174 g/mol. The van der Waals surface area contributed by atoms with Crippen molar-refractivity contribution in [2.45, 2.75) is 63.5 Å². The maximum absolute atomic E-state index is 9.68. The first-order valence-corrected chi connectivity index (χ1v) is 6.28. The summed E-state index contributed by atoms with van der Waals surface area (Å²) in [5, 5.41) is 13.3. The van der Waals surface area contributed by atoms with Crippen molar-refractivity contribution in [1.29, 1.82) is 0 Å². The third-order valence-corrected chi connectivity index (χ3v) is 3.89. The molecule has 0 aromatic heterocycles. The molecule has 14 heavy (non-hydrogen) atoms. The zero-order valence-corrected chi connectivity index (χ0v) is 9.04. The summed E-state index contributed by atoms with van der Waals surface area (Å²) in [6, 6.07) is 0.747. The van der Waals surface area contributed by atoms with Crippen LogP contribution in [0.25, 0.3) is 0 Å². The van der Waals surface area contributed by atoms with E-state index in [1.165, 1.54) is 44.9 Å². The first-order chi connectivity index (χ1) is 6.86. The van der Waals surface area contributed by atoms with Gasteiger partial charge < -0.3 is 10.4 Å². The molecular formula is C12H23NO. The van der Waals surface area contributed by atoms with Crippen LogP contribution in [0.3, 0.4) is 0 Å². The Morgan fingerprint density at radius 2 is 1.71 bits per heavy atom. The minimum Gasteiger partial charge on any atom is -0.393 e. The van der Waals surface area contributed by atoms with Crippen molar-refractivity contribution in [3.8, 4) is 0 Å². The normalized spacial score (nSPS) is 34.9. The molecule has 0 heterocycles. The molecule has 0 aromatic carbocycles. The monoisotopic (exact) mass is 197 g/mol. The lowest BCUT2D eigenvalue weighted by Crippen LogP contribution is -2.36. The van der Waals surface area contributed by atoms with Gasteiger partial charge in [-0.3, -0.25) is 0 Å². The summed E-state index contributed by atoms with van der Waals surface area (Å²) in [5.41, 5.74) is 0. The maximum atomic E-state index is 9.68. The average molecular weight is 197 g/mol. The minimum absolute atomic E-state index is 0.0221. The highest BCUT2D eigenvalue weighted by Crippen LogP contribution is 2.25. The van der Waals surface area contributed by atoms with Crippen molar-refractivity contribution >= 4 is 0 Å². The van der Waals surface area contributed by atoms with Gasteiger partial charge in [0.05, 0.1) is 6.10 Å². The van der Waals surface area contributed by atoms with Crippen molar-refractivity contribution in [2.24, 2.45) is 5.92 Å². The molecule has 2 fully saturated rings. The van der Waals surface area contributed by atoms with Crippen LogP contribution in [0.2, 0.25) is 0 Å². The number of hydrogen-bond acceptors (Lipinski definition) is 2. The fourth-order valence-electron chi connectivity index (χ4n) is 2.88. The molecule has 2 heteroatoms. The number of nitrogens with one attached hydrogen (secondary N) is 1. The van der Waals surface area contributed by atoms with Crippen LogP contribution in [-0.4, -0.2) is 23.8 Å². The summed E-state index contributed by atoms with van der Waals surface area (Å²) < 4.78 is 0. The summed E-state index contributed by atoms with van der Waals surface area (Å²) in [5.74, 6) is 0.539. The molecule has 0 unspecified atom stereocenters. The van der Waals surface area contributed by atoms with Gasteiger partial charge in [-0.2, -0.15) is 0 Å². The molecule has 2 aliphatic carbocycles. The molecule has 0 amide bonds. The van der Waals surface area contributed by atoms with E-state index >= 15 is 0 Å². The second kappa shape index (κ2) is 5.13. The Balaban J connectivity index is 1.65. The van der Waals surface area contributed by atoms with Crippen molar-refractivity contribution in [3.63, 3.8) is 0 Å². The lowest BCUT2D eigenvalue weighted by atomic mass is 9.95. The molecule has 2 atom stereocenters. The summed E-state index contributed by atoms with van der Waals surface area (Å²) >= 11 is 0. The van der Waals surface area contributed by atoms with Crippen LogP contribution >= 0.6 is 0 Å². The van der Waals surface area contributed by atoms with Gasteiger partial charge in [0, 0.05) is 12.6 Å². The molecule has 2 saturated carbocycles. The van der Waals surface area contributed by atoms with Crippen LogP contribution < -0.4 is 5.32 Å². The van der Waals surface area contributed by atoms with Crippen LogP contribution in [0.15, 0.2) is 0 Å². The molecule has 0 bridgehead atoms. The van der Waals surface area contributed by atoms with Gasteiger partial charge in [0.2, 0.25) is 0 Å². The molecule has 0 spiro atoms. The Hall–Kier alpha value is -0.0800. The largest absolute Gasteiger partial charge is 0.393 e. The topological polar surface area (TPSA) is 32.3 Å². The standard InChI is InChI=1S/C12H23NO/c14-12-8-4-5-10(12)9-13-11-6-2-1-3-7-11/h10-14H,1-9H2/t10-,12+/m0/s1. The molecule has 0 aliphatic heterocycles. The highest BCUT2D eigenvalue weighted by molar-refractivity contribution is 4.80. The lowest BCUT2D eigenvalue weighted by molar-refractivity contribution is 0.128. The quantitative estimate of drug-likeness (QED) is 0.726. The Kier molecular flexibility index (Phi) is 3.82. The number of aliphatic hydroxyl groups excluding tert-OH is 1. The summed E-state index contributed by atoms with van der Waals surface area (Å²) in [7, 11) is 0.